The fourth-order valence-electron chi connectivity index (χ4n) is 2.84. The molecular formula is C16H25N3O. The van der Waals surface area contributed by atoms with Crippen LogP contribution in [-0.4, -0.2) is 23.9 Å². The average Bonchev–Trinajstić information content (AvgIpc) is 2.45. The molecule has 1 aliphatic rings. The number of hydrogen-bond donors (Lipinski definition) is 2. The maximum Gasteiger partial charge on any atom is 0.238 e. The lowest BCUT2D eigenvalue weighted by Gasteiger charge is -2.35. The number of hydrazine groups is 1. The Morgan fingerprint density at radius 1 is 1.30 bits per heavy atom. The molecular weight excluding hydrogens is 250 g/mol. The first-order chi connectivity index (χ1) is 9.60. The first-order valence-electron chi connectivity index (χ1n) is 7.38. The minimum absolute atomic E-state index is 0.141. The quantitative estimate of drug-likeness (QED) is 0.499. The molecule has 1 heterocycles. The van der Waals surface area contributed by atoms with Crippen LogP contribution in [0.15, 0.2) is 24.3 Å². The maximum atomic E-state index is 11.5. The van der Waals surface area contributed by atoms with Gasteiger partial charge in [-0.15, -0.1) is 0 Å². The number of nitrogens with one attached hydrogen (secondary N) is 1. The van der Waals surface area contributed by atoms with E-state index in [4.69, 9.17) is 5.84 Å². The number of amides is 1. The lowest BCUT2D eigenvalue weighted by atomic mass is 9.88. The van der Waals surface area contributed by atoms with E-state index in [0.717, 1.165) is 37.0 Å². The second-order valence-electron chi connectivity index (χ2n) is 5.99. The molecule has 0 radical (unpaired) electrons. The van der Waals surface area contributed by atoms with E-state index in [1.807, 2.05) is 18.2 Å². The Balaban J connectivity index is 2.03. The topological polar surface area (TPSA) is 58.4 Å². The highest BCUT2D eigenvalue weighted by Crippen LogP contribution is 2.24. The Morgan fingerprint density at radius 2 is 2.00 bits per heavy atom. The summed E-state index contributed by atoms with van der Waals surface area (Å²) in [6.45, 7) is 7.86. The van der Waals surface area contributed by atoms with Crippen LogP contribution in [0, 0.1) is 11.8 Å². The number of nitrogens with zero attached hydrogens (tertiary/aromatic N) is 1. The summed E-state index contributed by atoms with van der Waals surface area (Å²) in [6.07, 6.45) is 1.61. The molecule has 4 nitrogen and oxygen atoms in total. The van der Waals surface area contributed by atoms with Crippen molar-refractivity contribution in [2.45, 2.75) is 33.2 Å². The molecule has 4 heteroatoms. The van der Waals surface area contributed by atoms with Gasteiger partial charge in [-0.3, -0.25) is 15.1 Å². The Kier molecular flexibility index (Phi) is 5.15. The highest BCUT2D eigenvalue weighted by molar-refractivity contribution is 5.78. The van der Waals surface area contributed by atoms with Crippen molar-refractivity contribution in [3.05, 3.63) is 35.4 Å². The molecule has 0 spiro atoms. The molecule has 1 aromatic rings. The zero-order valence-corrected chi connectivity index (χ0v) is 12.4. The van der Waals surface area contributed by atoms with Crippen LogP contribution in [0.25, 0.3) is 0 Å². The second kappa shape index (κ2) is 6.86. The molecule has 0 saturated carbocycles. The Morgan fingerprint density at radius 3 is 2.65 bits per heavy atom. The molecule has 1 aromatic carbocycles. The Labute approximate surface area is 121 Å². The van der Waals surface area contributed by atoms with E-state index in [1.165, 1.54) is 12.0 Å². The third kappa shape index (κ3) is 3.81. The van der Waals surface area contributed by atoms with Gasteiger partial charge in [0.25, 0.3) is 0 Å². The smallest absolute Gasteiger partial charge is 0.238 e. The van der Waals surface area contributed by atoms with Crippen molar-refractivity contribution < 1.29 is 4.79 Å². The number of likely N-dealkylation sites (tertiary alicyclic amines) is 1. The lowest BCUT2D eigenvalue weighted by molar-refractivity contribution is -0.120. The molecule has 1 saturated heterocycles. The molecule has 2 unspecified atom stereocenters. The first-order valence-corrected chi connectivity index (χ1v) is 7.38. The molecule has 1 fully saturated rings. The van der Waals surface area contributed by atoms with Crippen LogP contribution in [-0.2, 0) is 17.8 Å². The molecule has 110 valence electrons. The normalized spacial score (nSPS) is 23.6. The largest absolute Gasteiger partial charge is 0.299 e. The highest BCUT2D eigenvalue weighted by Gasteiger charge is 2.23. The van der Waals surface area contributed by atoms with Crippen LogP contribution < -0.4 is 11.3 Å². The monoisotopic (exact) mass is 275 g/mol. The van der Waals surface area contributed by atoms with Crippen molar-refractivity contribution in [2.24, 2.45) is 17.7 Å². The average molecular weight is 275 g/mol. The van der Waals surface area contributed by atoms with Crippen molar-refractivity contribution in [1.82, 2.24) is 10.3 Å². The first kappa shape index (κ1) is 15.0. The molecule has 0 bridgehead atoms. The predicted octanol–water partition coefficient (Wildman–Crippen LogP) is 1.70. The van der Waals surface area contributed by atoms with Gasteiger partial charge < -0.3 is 0 Å². The van der Waals surface area contributed by atoms with Gasteiger partial charge in [-0.25, -0.2) is 5.84 Å². The molecule has 3 N–H and O–H groups in total. The van der Waals surface area contributed by atoms with E-state index >= 15 is 0 Å². The summed E-state index contributed by atoms with van der Waals surface area (Å²) in [7, 11) is 0. The summed E-state index contributed by atoms with van der Waals surface area (Å²) in [5.41, 5.74) is 4.51. The van der Waals surface area contributed by atoms with Crippen molar-refractivity contribution in [3.63, 3.8) is 0 Å². The summed E-state index contributed by atoms with van der Waals surface area (Å²) in [5.74, 6) is 6.59. The molecule has 0 aliphatic carbocycles. The van der Waals surface area contributed by atoms with Crippen LogP contribution in [0.4, 0.5) is 0 Å². The summed E-state index contributed by atoms with van der Waals surface area (Å²) in [6, 6.07) is 8.14. The van der Waals surface area contributed by atoms with E-state index in [2.05, 4.69) is 30.2 Å². The van der Waals surface area contributed by atoms with Gasteiger partial charge in [-0.1, -0.05) is 38.1 Å². The molecule has 2 atom stereocenters. The SMILES string of the molecule is CC1CCN(Cc2ccccc2CC(=O)NN)CC1C. The second-order valence-corrected chi connectivity index (χ2v) is 5.99. The fourth-order valence-corrected chi connectivity index (χ4v) is 2.84. The van der Waals surface area contributed by atoms with E-state index in [9.17, 15) is 4.79 Å². The zero-order valence-electron chi connectivity index (χ0n) is 12.4. The molecule has 1 amide bonds. The van der Waals surface area contributed by atoms with E-state index < -0.39 is 0 Å². The van der Waals surface area contributed by atoms with Crippen molar-refractivity contribution in [1.29, 1.82) is 0 Å². The van der Waals surface area contributed by atoms with Gasteiger partial charge in [0, 0.05) is 13.1 Å². The molecule has 2 rings (SSSR count). The van der Waals surface area contributed by atoms with Crippen molar-refractivity contribution >= 4 is 5.91 Å². The summed E-state index contributed by atoms with van der Waals surface area (Å²) in [5, 5.41) is 0. The van der Waals surface area contributed by atoms with Crippen LogP contribution >= 0.6 is 0 Å². The number of carbonyl (C=O) groups is 1. The number of hydrogen-bond acceptors (Lipinski definition) is 3. The summed E-state index contributed by atoms with van der Waals surface area (Å²) in [4.78, 5) is 14.0. The number of rotatable bonds is 4. The number of benzene rings is 1. The molecule has 20 heavy (non-hydrogen) atoms. The minimum Gasteiger partial charge on any atom is -0.299 e. The third-order valence-corrected chi connectivity index (χ3v) is 4.44. The van der Waals surface area contributed by atoms with Crippen LogP contribution in [0.5, 0.6) is 0 Å². The highest BCUT2D eigenvalue weighted by atomic mass is 16.2. The summed E-state index contributed by atoms with van der Waals surface area (Å²) >= 11 is 0. The maximum absolute atomic E-state index is 11.5. The molecule has 0 aromatic heterocycles. The Hall–Kier alpha value is -1.39. The van der Waals surface area contributed by atoms with E-state index in [0.29, 0.717) is 6.42 Å². The van der Waals surface area contributed by atoms with Gasteiger partial charge >= 0.3 is 0 Å². The van der Waals surface area contributed by atoms with Gasteiger partial charge in [0.05, 0.1) is 6.42 Å². The van der Waals surface area contributed by atoms with Gasteiger partial charge in [0.1, 0.15) is 0 Å². The standard InChI is InChI=1S/C16H25N3O/c1-12-7-8-19(10-13(12)2)11-15-6-4-3-5-14(15)9-16(20)18-17/h3-6,12-13H,7-11,17H2,1-2H3,(H,18,20). The third-order valence-electron chi connectivity index (χ3n) is 4.44. The lowest BCUT2D eigenvalue weighted by Crippen LogP contribution is -2.38. The van der Waals surface area contributed by atoms with Gasteiger partial charge in [0.15, 0.2) is 0 Å². The Bertz CT molecular complexity index is 461. The fraction of sp³-hybridized carbons (Fsp3) is 0.562. The predicted molar refractivity (Wildman–Crippen MR) is 80.7 cm³/mol. The van der Waals surface area contributed by atoms with Crippen LogP contribution in [0.3, 0.4) is 0 Å². The van der Waals surface area contributed by atoms with E-state index in [1.54, 1.807) is 0 Å². The van der Waals surface area contributed by atoms with Gasteiger partial charge in [-0.2, -0.15) is 0 Å². The van der Waals surface area contributed by atoms with Crippen LogP contribution in [0.1, 0.15) is 31.4 Å². The number of piperidine rings is 1. The van der Waals surface area contributed by atoms with Crippen molar-refractivity contribution in [3.8, 4) is 0 Å². The number of nitrogens with two attached hydrogens (primary N) is 1. The minimum atomic E-state index is -0.141. The van der Waals surface area contributed by atoms with Gasteiger partial charge in [0.2, 0.25) is 5.91 Å². The zero-order chi connectivity index (χ0) is 14.5. The van der Waals surface area contributed by atoms with Crippen LogP contribution in [0.2, 0.25) is 0 Å². The van der Waals surface area contributed by atoms with E-state index in [-0.39, 0.29) is 5.91 Å². The van der Waals surface area contributed by atoms with Gasteiger partial charge in [-0.05, 0) is 35.9 Å². The number of carbonyl (C=O) groups excluding carboxylic acids is 1. The molecule has 1 aliphatic heterocycles. The summed E-state index contributed by atoms with van der Waals surface area (Å²) < 4.78 is 0. The van der Waals surface area contributed by atoms with Crippen molar-refractivity contribution in [2.75, 3.05) is 13.1 Å².